The van der Waals surface area contributed by atoms with Crippen LogP contribution in [0.4, 0.5) is 21.0 Å². The van der Waals surface area contributed by atoms with Crippen LogP contribution in [0, 0.1) is 27.7 Å². The summed E-state index contributed by atoms with van der Waals surface area (Å²) in [6.07, 6.45) is 3.37. The van der Waals surface area contributed by atoms with Gasteiger partial charge in [-0.1, -0.05) is 68.8 Å². The fourth-order valence-electron chi connectivity index (χ4n) is 6.43. The first kappa shape index (κ1) is 40.0. The van der Waals surface area contributed by atoms with Crippen LogP contribution in [0.15, 0.2) is 87.7 Å². The van der Waals surface area contributed by atoms with Gasteiger partial charge >= 0.3 is 12.1 Å². The predicted octanol–water partition coefficient (Wildman–Crippen LogP) is 11.4. The lowest BCUT2D eigenvalue weighted by atomic mass is 10.1. The summed E-state index contributed by atoms with van der Waals surface area (Å²) >= 11 is 27.8. The average molecular weight is 869 g/mol. The van der Waals surface area contributed by atoms with Crippen LogP contribution in [0.1, 0.15) is 40.4 Å². The third-order valence-electron chi connectivity index (χ3n) is 9.07. The van der Waals surface area contributed by atoms with Crippen LogP contribution in [0.25, 0.3) is 28.2 Å². The van der Waals surface area contributed by atoms with Gasteiger partial charge in [0, 0.05) is 48.0 Å². The molecule has 1 atom stereocenters. The monoisotopic (exact) mass is 866 g/mol. The van der Waals surface area contributed by atoms with Crippen LogP contribution in [-0.2, 0) is 11.3 Å². The van der Waals surface area contributed by atoms with E-state index in [1.165, 1.54) is 16.2 Å². The molecule has 0 radical (unpaired) electrons. The van der Waals surface area contributed by atoms with Crippen LogP contribution in [0.2, 0.25) is 20.1 Å². The number of nitrogens with zero attached hydrogens (tertiary/aromatic N) is 6. The Morgan fingerprint density at radius 3 is 2.11 bits per heavy atom. The second-order valence-corrected chi connectivity index (χ2v) is 15.4. The molecule has 0 saturated carbocycles. The van der Waals surface area contributed by atoms with E-state index in [4.69, 9.17) is 60.2 Å². The summed E-state index contributed by atoms with van der Waals surface area (Å²) in [6.45, 7) is 8.01. The number of urea groups is 1. The van der Waals surface area contributed by atoms with Gasteiger partial charge in [0.2, 0.25) is 6.23 Å². The van der Waals surface area contributed by atoms with Crippen molar-refractivity contribution in [3.05, 3.63) is 127 Å². The van der Waals surface area contributed by atoms with Crippen molar-refractivity contribution in [1.82, 2.24) is 29.7 Å². The lowest BCUT2D eigenvalue weighted by Gasteiger charge is -2.32. The summed E-state index contributed by atoms with van der Waals surface area (Å²) in [5, 5.41) is 17.2. The molecule has 0 bridgehead atoms. The number of ether oxygens (including phenoxy) is 1. The lowest BCUT2D eigenvalue weighted by Crippen LogP contribution is -2.45. The molecule has 0 aliphatic carbocycles. The minimum Gasteiger partial charge on any atom is -0.419 e. The minimum absolute atomic E-state index is 0.155. The van der Waals surface area contributed by atoms with E-state index in [2.05, 4.69) is 25.9 Å². The highest BCUT2D eigenvalue weighted by atomic mass is 35.5. The normalized spacial score (nSPS) is 11.8. The Balaban J connectivity index is 1.36. The van der Waals surface area contributed by atoms with Gasteiger partial charge in [-0.3, -0.25) is 5.32 Å². The smallest absolute Gasteiger partial charge is 0.414 e. The summed E-state index contributed by atoms with van der Waals surface area (Å²) in [5.41, 5.74) is 3.84. The molecule has 294 valence electrons. The Labute approximate surface area is 351 Å². The third-order valence-corrected chi connectivity index (χ3v) is 11.3. The maximum atomic E-state index is 14.8. The molecule has 0 saturated heterocycles. The number of hydrogen-bond donors (Lipinski definition) is 2. The Kier molecular flexibility index (Phi) is 12.0. The van der Waals surface area contributed by atoms with Crippen LogP contribution in [0.5, 0.6) is 0 Å². The van der Waals surface area contributed by atoms with Crippen molar-refractivity contribution in [1.29, 1.82) is 0 Å². The number of carbonyl (C=O) groups excluding carboxylic acids is 2. The quantitative estimate of drug-likeness (QED) is 0.0912. The molecule has 7 aromatic rings. The standard InChI is InChI=1S/C39H34Cl4N8O5S/c1-21-12-13-22(2)50(21)29-14-19-57-36(29)37(54-39(53)46-32-23(3)55-47-33(32)30-25(40)8-5-9-26(30)41)51(38(52)45-15-7-17-49-18-16-44-20-49)35-24(4)56-48-34(35)31-27(42)10-6-11-28(31)43/h5-6,8-14,16,18-20,37H,7,15,17H2,1-4H3,(H,45,52)(H,46,53). The molecule has 7 rings (SSSR count). The maximum absolute atomic E-state index is 14.8. The Hall–Kier alpha value is -5.25. The fourth-order valence-corrected chi connectivity index (χ4v) is 8.47. The van der Waals surface area contributed by atoms with Gasteiger partial charge in [0.25, 0.3) is 0 Å². The van der Waals surface area contributed by atoms with E-state index >= 15 is 0 Å². The van der Waals surface area contributed by atoms with E-state index in [-0.39, 0.29) is 60.9 Å². The molecule has 0 aliphatic rings. The predicted molar refractivity (Wildman–Crippen MR) is 222 cm³/mol. The number of aryl methyl sites for hydroxylation is 5. The molecule has 5 heterocycles. The van der Waals surface area contributed by atoms with Crippen LogP contribution >= 0.6 is 57.7 Å². The molecule has 0 fully saturated rings. The summed E-state index contributed by atoms with van der Waals surface area (Å²) in [6, 6.07) is 15.2. The van der Waals surface area contributed by atoms with E-state index in [9.17, 15) is 9.59 Å². The van der Waals surface area contributed by atoms with Gasteiger partial charge in [-0.25, -0.2) is 19.5 Å². The number of halogens is 4. The molecular formula is C39H34Cl4N8O5S. The molecule has 0 spiro atoms. The van der Waals surface area contributed by atoms with Gasteiger partial charge in [0.05, 0.1) is 37.0 Å². The van der Waals surface area contributed by atoms with Crippen molar-refractivity contribution in [2.45, 2.75) is 46.9 Å². The number of thiophene rings is 1. The molecule has 0 aliphatic heterocycles. The molecule has 57 heavy (non-hydrogen) atoms. The Morgan fingerprint density at radius 1 is 0.860 bits per heavy atom. The SMILES string of the molecule is Cc1onc(-c2c(Cl)cccc2Cl)c1NC(=O)OC(c1sccc1-n1c(C)ccc1C)N(C(=O)NCCCn1ccnc1)c1c(-c2c(Cl)cccc2Cl)noc1C. The van der Waals surface area contributed by atoms with Crippen LogP contribution in [0.3, 0.4) is 0 Å². The fraction of sp³-hybridized carbons (Fsp3) is 0.205. The average Bonchev–Trinajstić information content (AvgIpc) is 4.03. The number of aromatic nitrogens is 5. The summed E-state index contributed by atoms with van der Waals surface area (Å²) in [4.78, 5) is 35.1. The molecule has 3 amide bonds. The number of anilines is 2. The van der Waals surface area contributed by atoms with Gasteiger partial charge < -0.3 is 28.2 Å². The molecular weight excluding hydrogens is 834 g/mol. The minimum atomic E-state index is -1.44. The number of imidazole rings is 1. The highest BCUT2D eigenvalue weighted by molar-refractivity contribution is 7.10. The van der Waals surface area contributed by atoms with E-state index in [0.717, 1.165) is 11.4 Å². The van der Waals surface area contributed by atoms with E-state index in [0.29, 0.717) is 34.7 Å². The highest BCUT2D eigenvalue weighted by Crippen LogP contribution is 2.46. The number of benzene rings is 2. The Bertz CT molecular complexity index is 2500. The maximum Gasteiger partial charge on any atom is 0.414 e. The first-order valence-electron chi connectivity index (χ1n) is 17.5. The molecule has 1 unspecified atom stereocenters. The third kappa shape index (κ3) is 8.14. The van der Waals surface area contributed by atoms with Gasteiger partial charge in [-0.15, -0.1) is 11.3 Å². The summed E-state index contributed by atoms with van der Waals surface area (Å²) < 4.78 is 21.6. The highest BCUT2D eigenvalue weighted by Gasteiger charge is 2.39. The number of nitrogens with one attached hydrogen (secondary N) is 2. The van der Waals surface area contributed by atoms with Crippen molar-refractivity contribution in [2.75, 3.05) is 16.8 Å². The van der Waals surface area contributed by atoms with E-state index in [1.54, 1.807) is 62.8 Å². The Morgan fingerprint density at radius 2 is 1.47 bits per heavy atom. The molecule has 18 heteroatoms. The number of amides is 3. The number of hydrogen-bond acceptors (Lipinski definition) is 9. The van der Waals surface area contributed by atoms with Crippen LogP contribution in [-0.4, -0.2) is 43.1 Å². The summed E-state index contributed by atoms with van der Waals surface area (Å²) in [7, 11) is 0. The summed E-state index contributed by atoms with van der Waals surface area (Å²) in [5.74, 6) is 0.475. The van der Waals surface area contributed by atoms with Crippen LogP contribution < -0.4 is 15.5 Å². The first-order valence-corrected chi connectivity index (χ1v) is 19.9. The topological polar surface area (TPSA) is 145 Å². The van der Waals surface area contributed by atoms with Gasteiger partial charge in [0.1, 0.15) is 22.8 Å². The number of rotatable bonds is 12. The van der Waals surface area contributed by atoms with Crippen molar-refractivity contribution in [3.8, 4) is 28.2 Å². The van der Waals surface area contributed by atoms with E-state index in [1.807, 2.05) is 52.8 Å². The zero-order valence-corrected chi connectivity index (χ0v) is 34.7. The van der Waals surface area contributed by atoms with Crippen molar-refractivity contribution in [2.24, 2.45) is 0 Å². The molecule has 5 aromatic heterocycles. The lowest BCUT2D eigenvalue weighted by molar-refractivity contribution is 0.112. The van der Waals surface area contributed by atoms with E-state index < -0.39 is 18.4 Å². The zero-order valence-electron chi connectivity index (χ0n) is 30.8. The van der Waals surface area contributed by atoms with Gasteiger partial charge in [-0.2, -0.15) is 0 Å². The molecule has 13 nitrogen and oxygen atoms in total. The molecule has 2 N–H and O–H groups in total. The van der Waals surface area contributed by atoms with Crippen molar-refractivity contribution >= 4 is 81.2 Å². The zero-order chi connectivity index (χ0) is 40.4. The second kappa shape index (κ2) is 17.1. The van der Waals surface area contributed by atoms with Gasteiger partial charge in [-0.05, 0) is 82.0 Å². The largest absolute Gasteiger partial charge is 0.419 e. The van der Waals surface area contributed by atoms with Gasteiger partial charge in [0.15, 0.2) is 11.5 Å². The first-order chi connectivity index (χ1) is 27.4. The number of carbonyl (C=O) groups is 2. The second-order valence-electron chi connectivity index (χ2n) is 12.9. The van der Waals surface area contributed by atoms with Crippen molar-refractivity contribution in [3.63, 3.8) is 0 Å². The van der Waals surface area contributed by atoms with Crippen molar-refractivity contribution < 1.29 is 23.4 Å². The molecule has 2 aromatic carbocycles.